The molecule has 0 radical (unpaired) electrons. The molecule has 0 bridgehead atoms. The Hall–Kier alpha value is -0.0300. The molecule has 104 valence electrons. The van der Waals surface area contributed by atoms with Crippen LogP contribution in [0.5, 0.6) is 0 Å². The van der Waals surface area contributed by atoms with Gasteiger partial charge in [0.25, 0.3) is 0 Å². The van der Waals surface area contributed by atoms with E-state index in [-0.39, 0.29) is 30.7 Å². The van der Waals surface area contributed by atoms with Crippen molar-refractivity contribution >= 4 is 30.7 Å². The summed E-state index contributed by atoms with van der Waals surface area (Å²) in [6.07, 6.45) is 3.63. The van der Waals surface area contributed by atoms with Gasteiger partial charge < -0.3 is 15.5 Å². The molecule has 1 heterocycles. The van der Waals surface area contributed by atoms with E-state index in [1.807, 2.05) is 19.0 Å². The summed E-state index contributed by atoms with van der Waals surface area (Å²) in [6.45, 7) is 3.59. The summed E-state index contributed by atoms with van der Waals surface area (Å²) in [7, 11) is 3.82. The molecular weight excluding hydrogens is 261 g/mol. The van der Waals surface area contributed by atoms with E-state index in [0.717, 1.165) is 32.0 Å². The average Bonchev–Trinajstić information content (AvgIpc) is 2.18. The van der Waals surface area contributed by atoms with Gasteiger partial charge in [-0.3, -0.25) is 4.79 Å². The summed E-state index contributed by atoms with van der Waals surface area (Å²) in [4.78, 5) is 13.2. The zero-order valence-corrected chi connectivity index (χ0v) is 12.3. The minimum atomic E-state index is 0. The van der Waals surface area contributed by atoms with E-state index in [9.17, 15) is 4.79 Å². The van der Waals surface area contributed by atoms with Crippen LogP contribution >= 0.6 is 24.8 Å². The largest absolute Gasteiger partial charge is 0.355 e. The van der Waals surface area contributed by atoms with Crippen molar-refractivity contribution < 1.29 is 4.79 Å². The molecule has 2 N–H and O–H groups in total. The highest BCUT2D eigenvalue weighted by atomic mass is 35.5. The monoisotopic (exact) mass is 285 g/mol. The molecule has 1 amide bonds. The van der Waals surface area contributed by atoms with E-state index in [1.165, 1.54) is 12.8 Å². The Labute approximate surface area is 117 Å². The third-order valence-corrected chi connectivity index (χ3v) is 2.79. The maximum atomic E-state index is 11.3. The minimum absolute atomic E-state index is 0. The number of amides is 1. The van der Waals surface area contributed by atoms with Gasteiger partial charge in [-0.25, -0.2) is 0 Å². The van der Waals surface area contributed by atoms with Crippen LogP contribution in [0.25, 0.3) is 0 Å². The fourth-order valence-electron chi connectivity index (χ4n) is 1.93. The number of hydrogen-bond acceptors (Lipinski definition) is 3. The molecular formula is C11H25Cl2N3O. The van der Waals surface area contributed by atoms with E-state index in [4.69, 9.17) is 0 Å². The summed E-state index contributed by atoms with van der Waals surface area (Å²) < 4.78 is 0. The highest BCUT2D eigenvalue weighted by Crippen LogP contribution is 2.14. The Balaban J connectivity index is 0. The summed E-state index contributed by atoms with van der Waals surface area (Å²) in [5.41, 5.74) is 0. The van der Waals surface area contributed by atoms with Crippen LogP contribution in [0.3, 0.4) is 0 Å². The maximum Gasteiger partial charge on any atom is 0.234 e. The number of likely N-dealkylation sites (N-methyl/N-ethyl adjacent to an activating group) is 1. The number of nitrogens with one attached hydrogen (secondary N) is 2. The maximum absolute atomic E-state index is 11.3. The molecule has 0 aromatic rings. The van der Waals surface area contributed by atoms with Crippen molar-refractivity contribution in [1.29, 1.82) is 0 Å². The summed E-state index contributed by atoms with van der Waals surface area (Å²) in [6, 6.07) is 0. The standard InChI is InChI=1S/C11H23N3O.2ClH/c1-14(2)9-11(15)13-8-5-10-3-6-12-7-4-10;;/h10,12H,3-9H2,1-2H3,(H,13,15);2*1H. The summed E-state index contributed by atoms with van der Waals surface area (Å²) in [5, 5.41) is 6.31. The molecule has 1 rings (SSSR count). The zero-order chi connectivity index (χ0) is 11.1. The Bertz CT molecular complexity index is 197. The van der Waals surface area contributed by atoms with Gasteiger partial charge in [0, 0.05) is 6.54 Å². The highest BCUT2D eigenvalue weighted by molar-refractivity contribution is 5.85. The van der Waals surface area contributed by atoms with Crippen LogP contribution in [-0.2, 0) is 4.79 Å². The van der Waals surface area contributed by atoms with Crippen molar-refractivity contribution in [2.24, 2.45) is 5.92 Å². The second kappa shape index (κ2) is 11.1. The van der Waals surface area contributed by atoms with Gasteiger partial charge in [0.15, 0.2) is 0 Å². The lowest BCUT2D eigenvalue weighted by molar-refractivity contribution is -0.121. The Morgan fingerprint density at radius 2 is 1.88 bits per heavy atom. The summed E-state index contributed by atoms with van der Waals surface area (Å²) in [5.74, 6) is 0.930. The fourth-order valence-corrected chi connectivity index (χ4v) is 1.93. The molecule has 0 unspecified atom stereocenters. The first kappa shape index (κ1) is 19.3. The number of piperidine rings is 1. The Morgan fingerprint density at radius 3 is 2.41 bits per heavy atom. The van der Waals surface area contributed by atoms with Crippen molar-refractivity contribution in [2.75, 3.05) is 40.3 Å². The lowest BCUT2D eigenvalue weighted by atomic mass is 9.95. The second-order valence-electron chi connectivity index (χ2n) is 4.57. The molecule has 0 aliphatic carbocycles. The molecule has 1 saturated heterocycles. The molecule has 0 atom stereocenters. The molecule has 17 heavy (non-hydrogen) atoms. The second-order valence-corrected chi connectivity index (χ2v) is 4.57. The van der Waals surface area contributed by atoms with Gasteiger partial charge in [-0.1, -0.05) is 0 Å². The number of carbonyl (C=O) groups is 1. The van der Waals surface area contributed by atoms with Gasteiger partial charge in [-0.05, 0) is 52.4 Å². The van der Waals surface area contributed by atoms with Gasteiger partial charge in [-0.2, -0.15) is 0 Å². The van der Waals surface area contributed by atoms with E-state index >= 15 is 0 Å². The lowest BCUT2D eigenvalue weighted by Crippen LogP contribution is -2.35. The first-order valence-corrected chi connectivity index (χ1v) is 5.80. The van der Waals surface area contributed by atoms with Crippen molar-refractivity contribution in [2.45, 2.75) is 19.3 Å². The van der Waals surface area contributed by atoms with Crippen LogP contribution in [0.2, 0.25) is 0 Å². The molecule has 1 aliphatic rings. The highest BCUT2D eigenvalue weighted by Gasteiger charge is 2.12. The minimum Gasteiger partial charge on any atom is -0.355 e. The molecule has 0 aromatic heterocycles. The van der Waals surface area contributed by atoms with Crippen LogP contribution in [-0.4, -0.2) is 51.1 Å². The Kier molecular flexibility index (Phi) is 12.6. The lowest BCUT2D eigenvalue weighted by Gasteiger charge is -2.22. The van der Waals surface area contributed by atoms with Crippen LogP contribution in [0.1, 0.15) is 19.3 Å². The van der Waals surface area contributed by atoms with E-state index in [2.05, 4.69) is 10.6 Å². The third-order valence-electron chi connectivity index (χ3n) is 2.79. The van der Waals surface area contributed by atoms with Crippen LogP contribution < -0.4 is 10.6 Å². The zero-order valence-electron chi connectivity index (χ0n) is 10.7. The SMILES string of the molecule is CN(C)CC(=O)NCCC1CCNCC1.Cl.Cl. The quantitative estimate of drug-likeness (QED) is 0.789. The molecule has 6 heteroatoms. The van der Waals surface area contributed by atoms with E-state index < -0.39 is 0 Å². The average molecular weight is 286 g/mol. The number of carbonyl (C=O) groups excluding carboxylic acids is 1. The molecule has 4 nitrogen and oxygen atoms in total. The third kappa shape index (κ3) is 9.65. The molecule has 0 saturated carbocycles. The van der Waals surface area contributed by atoms with Crippen LogP contribution in [0.15, 0.2) is 0 Å². The van der Waals surface area contributed by atoms with Gasteiger partial charge >= 0.3 is 0 Å². The summed E-state index contributed by atoms with van der Waals surface area (Å²) >= 11 is 0. The predicted octanol–water partition coefficient (Wildman–Crippen LogP) is 0.897. The number of halogens is 2. The number of nitrogens with zero attached hydrogens (tertiary/aromatic N) is 1. The van der Waals surface area contributed by atoms with Gasteiger partial charge in [0.1, 0.15) is 0 Å². The topological polar surface area (TPSA) is 44.4 Å². The van der Waals surface area contributed by atoms with Gasteiger partial charge in [0.05, 0.1) is 6.54 Å². The molecule has 0 aromatic carbocycles. The normalized spacial score (nSPS) is 15.9. The van der Waals surface area contributed by atoms with Crippen LogP contribution in [0, 0.1) is 5.92 Å². The fraction of sp³-hybridized carbons (Fsp3) is 0.909. The van der Waals surface area contributed by atoms with Crippen molar-refractivity contribution in [1.82, 2.24) is 15.5 Å². The molecule has 1 aliphatic heterocycles. The number of hydrogen-bond donors (Lipinski definition) is 2. The molecule has 1 fully saturated rings. The predicted molar refractivity (Wildman–Crippen MR) is 76.3 cm³/mol. The first-order valence-electron chi connectivity index (χ1n) is 5.80. The first-order chi connectivity index (χ1) is 7.18. The van der Waals surface area contributed by atoms with E-state index in [1.54, 1.807) is 0 Å². The smallest absolute Gasteiger partial charge is 0.234 e. The molecule has 0 spiro atoms. The van der Waals surface area contributed by atoms with Gasteiger partial charge in [0.2, 0.25) is 5.91 Å². The van der Waals surface area contributed by atoms with Crippen molar-refractivity contribution in [3.05, 3.63) is 0 Å². The number of rotatable bonds is 5. The van der Waals surface area contributed by atoms with Crippen LogP contribution in [0.4, 0.5) is 0 Å². The Morgan fingerprint density at radius 1 is 1.29 bits per heavy atom. The van der Waals surface area contributed by atoms with E-state index in [0.29, 0.717) is 6.54 Å². The van der Waals surface area contributed by atoms with Gasteiger partial charge in [-0.15, -0.1) is 24.8 Å². The van der Waals surface area contributed by atoms with Crippen molar-refractivity contribution in [3.63, 3.8) is 0 Å². The van der Waals surface area contributed by atoms with Crippen molar-refractivity contribution in [3.8, 4) is 0 Å².